The number of nitrogens with one attached hydrogen (secondary N) is 1. The van der Waals surface area contributed by atoms with E-state index in [1.165, 1.54) is 22.4 Å². The summed E-state index contributed by atoms with van der Waals surface area (Å²) in [5.74, 6) is -0.455. The predicted octanol–water partition coefficient (Wildman–Crippen LogP) is 8.59. The van der Waals surface area contributed by atoms with Crippen molar-refractivity contribution in [2.75, 3.05) is 31.1 Å². The van der Waals surface area contributed by atoms with E-state index in [1.807, 2.05) is 18.2 Å². The minimum Gasteiger partial charge on any atom is -0.372 e. The second-order valence-corrected chi connectivity index (χ2v) is 12.0. The minimum atomic E-state index is -0.455. The highest BCUT2D eigenvalue weighted by atomic mass is 17.2. The quantitative estimate of drug-likeness (QED) is 0.122. The van der Waals surface area contributed by atoms with Gasteiger partial charge in [-0.25, -0.2) is 4.79 Å². The number of anilines is 1. The molecule has 0 atom stereocenters. The van der Waals surface area contributed by atoms with Gasteiger partial charge in [0.05, 0.1) is 12.2 Å². The topological polar surface area (TPSA) is 50.8 Å². The van der Waals surface area contributed by atoms with Gasteiger partial charge in [0.1, 0.15) is 0 Å². The molecule has 3 aromatic carbocycles. The zero-order valence-corrected chi connectivity index (χ0v) is 26.5. The van der Waals surface area contributed by atoms with Crippen molar-refractivity contribution >= 4 is 11.7 Å². The predicted molar refractivity (Wildman–Crippen MR) is 173 cm³/mol. The van der Waals surface area contributed by atoms with Crippen LogP contribution in [-0.4, -0.2) is 38.3 Å². The highest BCUT2D eigenvalue weighted by Gasteiger charge is 2.21. The van der Waals surface area contributed by atoms with Crippen LogP contribution in [0.2, 0.25) is 0 Å². The molecule has 0 radical (unpaired) electrons. The fourth-order valence-electron chi connectivity index (χ4n) is 5.14. The van der Waals surface area contributed by atoms with Gasteiger partial charge in [-0.3, -0.25) is 4.89 Å². The maximum absolute atomic E-state index is 12.6. The van der Waals surface area contributed by atoms with Crippen molar-refractivity contribution in [2.45, 2.75) is 86.1 Å². The zero-order valence-electron chi connectivity index (χ0n) is 26.5. The third-order valence-corrected chi connectivity index (χ3v) is 7.48. The molecule has 0 aromatic heterocycles. The lowest BCUT2D eigenvalue weighted by Gasteiger charge is -2.30. The Kier molecular flexibility index (Phi) is 12.0. The van der Waals surface area contributed by atoms with Gasteiger partial charge in [0.15, 0.2) is 0 Å². The van der Waals surface area contributed by atoms with Crippen molar-refractivity contribution in [1.82, 2.24) is 5.32 Å². The summed E-state index contributed by atoms with van der Waals surface area (Å²) in [6.45, 7) is 20.9. The van der Waals surface area contributed by atoms with Gasteiger partial charge in [0, 0.05) is 24.8 Å². The molecule has 0 aliphatic rings. The van der Waals surface area contributed by atoms with Crippen LogP contribution in [0.3, 0.4) is 0 Å². The summed E-state index contributed by atoms with van der Waals surface area (Å²) in [4.78, 5) is 25.4. The van der Waals surface area contributed by atoms with Crippen molar-refractivity contribution in [3.05, 3.63) is 77.4 Å². The smallest absolute Gasteiger partial charge is 0.372 e. The van der Waals surface area contributed by atoms with Crippen molar-refractivity contribution in [3.8, 4) is 22.3 Å². The van der Waals surface area contributed by atoms with Crippen LogP contribution >= 0.6 is 0 Å². The van der Waals surface area contributed by atoms with Crippen LogP contribution in [0.15, 0.2) is 60.7 Å². The molecule has 0 aliphatic heterocycles. The van der Waals surface area contributed by atoms with E-state index in [2.05, 4.69) is 108 Å². The van der Waals surface area contributed by atoms with Gasteiger partial charge in [-0.2, -0.15) is 4.89 Å². The normalized spacial score (nSPS) is 11.6. The molecule has 41 heavy (non-hydrogen) atoms. The highest BCUT2D eigenvalue weighted by molar-refractivity contribution is 5.90. The lowest BCUT2D eigenvalue weighted by atomic mass is 9.83. The first-order valence-corrected chi connectivity index (χ1v) is 15.3. The molecule has 0 saturated heterocycles. The fourth-order valence-corrected chi connectivity index (χ4v) is 5.14. The molecule has 0 bridgehead atoms. The third-order valence-electron chi connectivity index (χ3n) is 7.48. The van der Waals surface area contributed by atoms with Gasteiger partial charge >= 0.3 is 5.97 Å². The van der Waals surface area contributed by atoms with Crippen molar-refractivity contribution < 1.29 is 14.6 Å². The van der Waals surface area contributed by atoms with E-state index < -0.39 is 5.97 Å². The number of hydrogen-bond donors (Lipinski definition) is 1. The Bertz CT molecular complexity index is 1270. The molecular weight excluding hydrogens is 508 g/mol. The standard InChI is InChI=1S/C36H50N2O3/c1-9-27-23-31(35(39)41-40-22-13-12-21-37-26(4)5)17-19-32(27)30-16-14-15-28(24-30)29-18-20-34(38(10-2)11-3)33(25-29)36(6,7)8/h14-20,23-26,37H,9-13,21-22H2,1-8H3. The molecule has 0 heterocycles. The summed E-state index contributed by atoms with van der Waals surface area (Å²) < 4.78 is 0. The van der Waals surface area contributed by atoms with E-state index in [-0.39, 0.29) is 5.41 Å². The van der Waals surface area contributed by atoms with Gasteiger partial charge < -0.3 is 10.2 Å². The summed E-state index contributed by atoms with van der Waals surface area (Å²) in [6.07, 6.45) is 2.61. The molecule has 5 heteroatoms. The summed E-state index contributed by atoms with van der Waals surface area (Å²) in [5.41, 5.74) is 8.95. The monoisotopic (exact) mass is 558 g/mol. The van der Waals surface area contributed by atoms with Crippen LogP contribution in [-0.2, 0) is 21.6 Å². The summed E-state index contributed by atoms with van der Waals surface area (Å²) >= 11 is 0. The van der Waals surface area contributed by atoms with Crippen LogP contribution < -0.4 is 10.2 Å². The van der Waals surface area contributed by atoms with Crippen LogP contribution in [0.25, 0.3) is 22.3 Å². The first kappa shape index (κ1) is 32.4. The molecular formula is C36H50N2O3. The Morgan fingerprint density at radius 1 is 0.878 bits per heavy atom. The highest BCUT2D eigenvalue weighted by Crippen LogP contribution is 2.37. The number of hydrogen-bond acceptors (Lipinski definition) is 5. The summed E-state index contributed by atoms with van der Waals surface area (Å²) in [6, 6.07) is 21.8. The van der Waals surface area contributed by atoms with Crippen LogP contribution in [0.1, 0.15) is 89.7 Å². The zero-order chi connectivity index (χ0) is 30.0. The van der Waals surface area contributed by atoms with Crippen LogP contribution in [0.4, 0.5) is 5.69 Å². The van der Waals surface area contributed by atoms with Gasteiger partial charge in [0.2, 0.25) is 0 Å². The second-order valence-electron chi connectivity index (χ2n) is 12.0. The number of rotatable bonds is 14. The molecule has 222 valence electrons. The molecule has 0 aliphatic carbocycles. The largest absolute Gasteiger partial charge is 0.373 e. The second kappa shape index (κ2) is 15.2. The fraction of sp³-hybridized carbons (Fsp3) is 0.472. The number of nitrogens with zero attached hydrogens (tertiary/aromatic N) is 1. The van der Waals surface area contributed by atoms with Gasteiger partial charge in [-0.15, -0.1) is 0 Å². The molecule has 0 fully saturated rings. The van der Waals surface area contributed by atoms with E-state index in [1.54, 1.807) is 0 Å². The lowest BCUT2D eigenvalue weighted by Crippen LogP contribution is -2.26. The molecule has 0 amide bonds. The van der Waals surface area contributed by atoms with Crippen LogP contribution in [0.5, 0.6) is 0 Å². The Hall–Kier alpha value is -3.15. The Labute approximate surface area is 248 Å². The summed E-state index contributed by atoms with van der Waals surface area (Å²) in [5, 5.41) is 3.37. The molecule has 0 saturated carbocycles. The van der Waals surface area contributed by atoms with Crippen molar-refractivity contribution in [2.24, 2.45) is 0 Å². The Balaban J connectivity index is 1.79. The van der Waals surface area contributed by atoms with Gasteiger partial charge in [0.25, 0.3) is 0 Å². The Morgan fingerprint density at radius 3 is 2.24 bits per heavy atom. The first-order chi connectivity index (χ1) is 19.6. The van der Waals surface area contributed by atoms with Crippen molar-refractivity contribution in [1.29, 1.82) is 0 Å². The average Bonchev–Trinajstić information content (AvgIpc) is 2.96. The van der Waals surface area contributed by atoms with Gasteiger partial charge in [-0.05, 0) is 109 Å². The summed E-state index contributed by atoms with van der Waals surface area (Å²) in [7, 11) is 0. The number of benzene rings is 3. The number of unbranched alkanes of at least 4 members (excludes halogenated alkanes) is 1. The third kappa shape index (κ3) is 8.92. The SMILES string of the molecule is CCc1cc(C(=O)OOCCCCNC(C)C)ccc1-c1cccc(-c2ccc(N(CC)CC)c(C(C)(C)C)c2)c1. The Morgan fingerprint density at radius 2 is 1.59 bits per heavy atom. The van der Waals surface area contributed by atoms with Crippen molar-refractivity contribution in [3.63, 3.8) is 0 Å². The average molecular weight is 559 g/mol. The number of carbonyl (C=O) groups excluding carboxylic acids is 1. The molecule has 3 rings (SSSR count). The maximum Gasteiger partial charge on any atom is 0.373 e. The number of carbonyl (C=O) groups is 1. The molecule has 5 nitrogen and oxygen atoms in total. The molecule has 0 spiro atoms. The van der Waals surface area contributed by atoms with Gasteiger partial charge in [-0.1, -0.05) is 71.9 Å². The first-order valence-electron chi connectivity index (χ1n) is 15.3. The van der Waals surface area contributed by atoms with E-state index >= 15 is 0 Å². The maximum atomic E-state index is 12.6. The van der Waals surface area contributed by atoms with E-state index in [4.69, 9.17) is 9.78 Å². The number of aryl methyl sites for hydroxylation is 1. The van der Waals surface area contributed by atoms with E-state index in [9.17, 15) is 4.79 Å². The minimum absolute atomic E-state index is 0.0278. The van der Waals surface area contributed by atoms with E-state index in [0.717, 1.165) is 55.6 Å². The lowest BCUT2D eigenvalue weighted by molar-refractivity contribution is -0.241. The molecule has 3 aromatic rings. The molecule has 1 N–H and O–H groups in total. The van der Waals surface area contributed by atoms with Crippen LogP contribution in [0, 0.1) is 0 Å². The van der Waals surface area contributed by atoms with E-state index in [0.29, 0.717) is 18.2 Å². The molecule has 0 unspecified atom stereocenters.